The van der Waals surface area contributed by atoms with Gasteiger partial charge in [0, 0.05) is 0 Å². The van der Waals surface area contributed by atoms with Gasteiger partial charge in [0.05, 0.1) is 10.2 Å². The van der Waals surface area contributed by atoms with E-state index in [-0.39, 0.29) is 0 Å². The number of allylic oxidation sites excluding steroid dienone is 3. The van der Waals surface area contributed by atoms with E-state index in [2.05, 4.69) is 28.2 Å². The molecule has 0 heterocycles. The first-order valence-corrected chi connectivity index (χ1v) is 4.91. The summed E-state index contributed by atoms with van der Waals surface area (Å²) < 4.78 is 0.748. The van der Waals surface area contributed by atoms with Crippen LogP contribution in [0.3, 0.4) is 0 Å². The van der Waals surface area contributed by atoms with Crippen molar-refractivity contribution in [3.8, 4) is 0 Å². The first-order chi connectivity index (χ1) is 6.74. The van der Waals surface area contributed by atoms with Crippen molar-refractivity contribution in [2.75, 3.05) is 0 Å². The topological polar surface area (TPSA) is 23.9 Å². The SMILES string of the molecule is C=C=C(Br)/C=C\C(=N)c1ccccc1. The van der Waals surface area contributed by atoms with Crippen molar-refractivity contribution in [2.24, 2.45) is 0 Å². The molecule has 0 unspecified atom stereocenters. The lowest BCUT2D eigenvalue weighted by atomic mass is 10.1. The van der Waals surface area contributed by atoms with E-state index in [1.165, 1.54) is 0 Å². The minimum Gasteiger partial charge on any atom is -0.300 e. The fourth-order valence-electron chi connectivity index (χ4n) is 0.929. The molecule has 0 fully saturated rings. The quantitative estimate of drug-likeness (QED) is 0.479. The van der Waals surface area contributed by atoms with Gasteiger partial charge in [0.25, 0.3) is 0 Å². The van der Waals surface area contributed by atoms with E-state index in [4.69, 9.17) is 5.41 Å². The van der Waals surface area contributed by atoms with E-state index in [1.807, 2.05) is 30.3 Å². The van der Waals surface area contributed by atoms with E-state index in [0.29, 0.717) is 5.71 Å². The van der Waals surface area contributed by atoms with Gasteiger partial charge in [-0.3, -0.25) is 0 Å². The summed E-state index contributed by atoms with van der Waals surface area (Å²) >= 11 is 3.24. The summed E-state index contributed by atoms with van der Waals surface area (Å²) in [5.74, 6) is 0. The second-order valence-electron chi connectivity index (χ2n) is 2.64. The first-order valence-electron chi connectivity index (χ1n) is 4.11. The van der Waals surface area contributed by atoms with E-state index in [0.717, 1.165) is 10.0 Å². The van der Waals surface area contributed by atoms with Crippen LogP contribution in [0, 0.1) is 5.41 Å². The van der Waals surface area contributed by atoms with Gasteiger partial charge in [-0.1, -0.05) is 36.9 Å². The lowest BCUT2D eigenvalue weighted by Crippen LogP contribution is -1.92. The van der Waals surface area contributed by atoms with Gasteiger partial charge >= 0.3 is 0 Å². The standard InChI is InChI=1S/C12H10BrN/c1-2-11(13)8-9-12(14)10-6-4-3-5-7-10/h3-9,14H,1H2/b9-8-,14-12?. The second-order valence-corrected chi connectivity index (χ2v) is 3.49. The minimum absolute atomic E-state index is 0.470. The van der Waals surface area contributed by atoms with Crippen LogP contribution >= 0.6 is 15.9 Å². The Morgan fingerprint density at radius 3 is 2.50 bits per heavy atom. The number of rotatable bonds is 3. The fraction of sp³-hybridized carbons (Fsp3) is 0. The highest BCUT2D eigenvalue weighted by Gasteiger charge is 1.94. The van der Waals surface area contributed by atoms with Crippen LogP contribution < -0.4 is 0 Å². The zero-order chi connectivity index (χ0) is 10.4. The van der Waals surface area contributed by atoms with E-state index < -0.39 is 0 Å². The summed E-state index contributed by atoms with van der Waals surface area (Å²) in [6, 6.07) is 9.56. The normalized spacial score (nSPS) is 9.79. The average molecular weight is 248 g/mol. The Morgan fingerprint density at radius 2 is 1.93 bits per heavy atom. The van der Waals surface area contributed by atoms with Crippen LogP contribution in [0.25, 0.3) is 0 Å². The molecule has 0 aliphatic carbocycles. The second kappa shape index (κ2) is 5.38. The molecule has 0 atom stereocenters. The number of nitrogens with one attached hydrogen (secondary N) is 1. The van der Waals surface area contributed by atoms with Crippen molar-refractivity contribution < 1.29 is 0 Å². The monoisotopic (exact) mass is 247 g/mol. The predicted octanol–water partition coefficient (Wildman–Crippen LogP) is 3.67. The zero-order valence-electron chi connectivity index (χ0n) is 7.63. The van der Waals surface area contributed by atoms with Crippen LogP contribution in [-0.2, 0) is 0 Å². The molecular weight excluding hydrogens is 238 g/mol. The fourth-order valence-corrected chi connectivity index (χ4v) is 1.06. The Morgan fingerprint density at radius 1 is 1.29 bits per heavy atom. The molecule has 14 heavy (non-hydrogen) atoms. The molecule has 0 saturated carbocycles. The van der Waals surface area contributed by atoms with Gasteiger partial charge in [-0.05, 0) is 33.6 Å². The summed E-state index contributed by atoms with van der Waals surface area (Å²) in [6.07, 6.45) is 3.46. The molecule has 1 aromatic rings. The molecule has 1 N–H and O–H groups in total. The largest absolute Gasteiger partial charge is 0.300 e. The van der Waals surface area contributed by atoms with E-state index in [1.54, 1.807) is 12.2 Å². The van der Waals surface area contributed by atoms with Crippen LogP contribution in [0.4, 0.5) is 0 Å². The van der Waals surface area contributed by atoms with Gasteiger partial charge in [0.15, 0.2) is 0 Å². The summed E-state index contributed by atoms with van der Waals surface area (Å²) in [5.41, 5.74) is 4.04. The van der Waals surface area contributed by atoms with Crippen molar-refractivity contribution >= 4 is 21.6 Å². The van der Waals surface area contributed by atoms with Crippen LogP contribution in [0.1, 0.15) is 5.56 Å². The molecule has 70 valence electrons. The van der Waals surface area contributed by atoms with Crippen LogP contribution in [0.5, 0.6) is 0 Å². The summed E-state index contributed by atoms with van der Waals surface area (Å²) in [6.45, 7) is 3.48. The molecule has 1 rings (SSSR count). The Balaban J connectivity index is 2.79. The van der Waals surface area contributed by atoms with Gasteiger partial charge in [0.1, 0.15) is 0 Å². The van der Waals surface area contributed by atoms with Gasteiger partial charge in [-0.2, -0.15) is 0 Å². The molecule has 0 bridgehead atoms. The molecule has 1 nitrogen and oxygen atoms in total. The van der Waals surface area contributed by atoms with Crippen LogP contribution in [0.2, 0.25) is 0 Å². The third kappa shape index (κ3) is 3.17. The third-order valence-electron chi connectivity index (χ3n) is 1.65. The summed E-state index contributed by atoms with van der Waals surface area (Å²) in [4.78, 5) is 0. The van der Waals surface area contributed by atoms with Crippen LogP contribution in [-0.4, -0.2) is 5.71 Å². The van der Waals surface area contributed by atoms with Crippen molar-refractivity contribution in [3.63, 3.8) is 0 Å². The van der Waals surface area contributed by atoms with Gasteiger partial charge in [-0.25, -0.2) is 0 Å². The number of hydrogen-bond donors (Lipinski definition) is 1. The maximum Gasteiger partial charge on any atom is 0.0612 e. The maximum absolute atomic E-state index is 7.73. The molecule has 0 aliphatic rings. The molecule has 2 heteroatoms. The average Bonchev–Trinajstić information content (AvgIpc) is 2.26. The summed E-state index contributed by atoms with van der Waals surface area (Å²) in [5, 5.41) is 7.73. The molecular formula is C12H10BrN. The van der Waals surface area contributed by atoms with E-state index in [9.17, 15) is 0 Å². The van der Waals surface area contributed by atoms with Crippen molar-refractivity contribution in [1.82, 2.24) is 0 Å². The number of hydrogen-bond acceptors (Lipinski definition) is 1. The van der Waals surface area contributed by atoms with Gasteiger partial charge in [-0.15, -0.1) is 5.73 Å². The molecule has 0 radical (unpaired) electrons. The Hall–Kier alpha value is -1.37. The van der Waals surface area contributed by atoms with E-state index >= 15 is 0 Å². The third-order valence-corrected chi connectivity index (χ3v) is 2.19. The molecule has 0 saturated heterocycles. The molecule has 0 aliphatic heterocycles. The molecule has 0 amide bonds. The highest BCUT2D eigenvalue weighted by molar-refractivity contribution is 9.11. The van der Waals surface area contributed by atoms with Crippen LogP contribution in [0.15, 0.2) is 59.3 Å². The first kappa shape index (κ1) is 10.7. The Labute approximate surface area is 92.1 Å². The summed E-state index contributed by atoms with van der Waals surface area (Å²) in [7, 11) is 0. The van der Waals surface area contributed by atoms with Gasteiger partial charge < -0.3 is 5.41 Å². The van der Waals surface area contributed by atoms with Crippen molar-refractivity contribution in [3.05, 3.63) is 64.8 Å². The predicted molar refractivity (Wildman–Crippen MR) is 64.0 cm³/mol. The molecule has 1 aromatic carbocycles. The molecule has 0 spiro atoms. The minimum atomic E-state index is 0.470. The smallest absolute Gasteiger partial charge is 0.0612 e. The highest BCUT2D eigenvalue weighted by atomic mass is 79.9. The van der Waals surface area contributed by atoms with Crippen molar-refractivity contribution in [1.29, 1.82) is 5.41 Å². The Kier molecular flexibility index (Phi) is 4.11. The lowest BCUT2D eigenvalue weighted by Gasteiger charge is -1.96. The highest BCUT2D eigenvalue weighted by Crippen LogP contribution is 2.06. The Bertz CT molecular complexity index is 398. The van der Waals surface area contributed by atoms with Crippen molar-refractivity contribution in [2.45, 2.75) is 0 Å². The molecule has 0 aromatic heterocycles. The number of halogens is 1. The zero-order valence-corrected chi connectivity index (χ0v) is 9.21. The lowest BCUT2D eigenvalue weighted by molar-refractivity contribution is 1.49. The maximum atomic E-state index is 7.73. The van der Waals surface area contributed by atoms with Gasteiger partial charge in [0.2, 0.25) is 0 Å². The number of benzene rings is 1.